The van der Waals surface area contributed by atoms with Crippen LogP contribution in [0.15, 0.2) is 0 Å². The van der Waals surface area contributed by atoms with Gasteiger partial charge in [0, 0.05) is 0 Å². The van der Waals surface area contributed by atoms with Crippen molar-refractivity contribution in [3.05, 3.63) is 0 Å². The normalized spacial score (nSPS) is 3.43. The molecule has 0 spiro atoms. The first-order chi connectivity index (χ1) is 3.46. The fourth-order valence-electron chi connectivity index (χ4n) is 0. The zero-order valence-electron chi connectivity index (χ0n) is 3.61. The van der Waals surface area contributed by atoms with Gasteiger partial charge in [-0.3, -0.25) is 0 Å². The molecule has 0 aliphatic carbocycles. The van der Waals surface area contributed by atoms with Gasteiger partial charge in [-0.1, -0.05) is 0 Å². The van der Waals surface area contributed by atoms with E-state index in [-0.39, 0.29) is 226 Å². The summed E-state index contributed by atoms with van der Waals surface area (Å²) in [7, 11) is 0. The number of hydrogen-bond acceptors (Lipinski definition) is 2. The van der Waals surface area contributed by atoms with E-state index in [0.717, 1.165) is 0 Å². The predicted octanol–water partition coefficient (Wildman–Crippen LogP) is -5.05. The van der Waals surface area contributed by atoms with Gasteiger partial charge in [0.15, 0.2) is 0 Å². The van der Waals surface area contributed by atoms with E-state index in [1.165, 1.54) is 0 Å². The first kappa shape index (κ1) is 50.1. The molecule has 0 radical (unpaired) electrons. The Balaban J connectivity index is -0.00000000600. The van der Waals surface area contributed by atoms with Crippen molar-refractivity contribution in [3.63, 3.8) is 0 Å². The van der Waals surface area contributed by atoms with Gasteiger partial charge in [-0.15, -0.1) is 0 Å². The van der Waals surface area contributed by atoms with Crippen molar-refractivity contribution in [1.29, 1.82) is 0 Å². The van der Waals surface area contributed by atoms with Gasteiger partial charge in [0.25, 0.3) is 0 Å². The number of carbonyl (C=O) groups is 2. The molecule has 0 saturated heterocycles. The van der Waals surface area contributed by atoms with E-state index < -0.39 is 12.3 Å². The minimum atomic E-state index is -1.83. The summed E-state index contributed by atoms with van der Waals surface area (Å²) in [5, 5.41) is 27.9. The van der Waals surface area contributed by atoms with Crippen LogP contribution < -0.4 is 0 Å². The quantitative estimate of drug-likeness (QED) is 0.315. The van der Waals surface area contributed by atoms with Crippen LogP contribution in [0.5, 0.6) is 0 Å². The Morgan fingerprint density at radius 2 is 0.500 bits per heavy atom. The Morgan fingerprint density at radius 1 is 0.500 bits per heavy atom. The van der Waals surface area contributed by atoms with Gasteiger partial charge in [0.2, 0.25) is 0 Å². The maximum atomic E-state index is 8.56. The van der Waals surface area contributed by atoms with Crippen molar-refractivity contribution < 1.29 is 30.0 Å². The Labute approximate surface area is 260 Å². The van der Waals surface area contributed by atoms with Crippen LogP contribution in [0.4, 0.5) is 9.59 Å². The fraction of sp³-hybridized carbons (Fsp3) is 0. The molecule has 0 atom stereocenters. The molecule has 14 heavy (non-hydrogen) atoms. The molecule has 0 aliphatic rings. The summed E-state index contributed by atoms with van der Waals surface area (Å²) in [5.74, 6) is 0. The van der Waals surface area contributed by atoms with Crippen LogP contribution >= 0.6 is 0 Å². The second kappa shape index (κ2) is 42.7. The predicted molar refractivity (Wildman–Crippen MR) is 72.6 cm³/mol. The molecule has 0 saturated carbocycles. The minimum absolute atomic E-state index is 0. The van der Waals surface area contributed by atoms with E-state index in [0.29, 0.717) is 0 Å². The summed E-state index contributed by atoms with van der Waals surface area (Å²) in [6.45, 7) is 0. The fourth-order valence-corrected chi connectivity index (χ4v) is 0. The van der Waals surface area contributed by atoms with E-state index in [1.807, 2.05) is 0 Å². The topological polar surface area (TPSA) is 115 Å². The van der Waals surface area contributed by atoms with E-state index in [4.69, 9.17) is 30.0 Å². The molecule has 0 bridgehead atoms. The summed E-state index contributed by atoms with van der Waals surface area (Å²) in [5.41, 5.74) is 0. The molecule has 0 aliphatic heterocycles. The van der Waals surface area contributed by atoms with Crippen LogP contribution in [-0.2, 0) is 0 Å². The standard InChI is InChI=1S/2CH2O3.6Ca.12H/c2*2-1(3)4;;;;;;;;;;;;;;;;;;/h2*(H2,2,3,4);;;;;;;;;;;;;;;;;;. The van der Waals surface area contributed by atoms with Crippen molar-refractivity contribution in [2.24, 2.45) is 0 Å². The molecule has 0 heterocycles. The average molecular weight is 377 g/mol. The monoisotopic (exact) mass is 376 g/mol. The average Bonchev–Trinajstić information content (AvgIpc) is 1.25. The summed E-state index contributed by atoms with van der Waals surface area (Å²) in [6, 6.07) is 0. The molecule has 0 fully saturated rings. The molecule has 6 nitrogen and oxygen atoms in total. The van der Waals surface area contributed by atoms with Crippen LogP contribution in [0.2, 0.25) is 0 Å². The van der Waals surface area contributed by atoms with Crippen LogP contribution in [-0.4, -0.2) is 259 Å². The Morgan fingerprint density at radius 3 is 0.500 bits per heavy atom. The summed E-state index contributed by atoms with van der Waals surface area (Å²) in [6.07, 6.45) is -3.67. The van der Waals surface area contributed by atoms with Gasteiger partial charge in [-0.25, -0.2) is 9.59 Å². The van der Waals surface area contributed by atoms with Gasteiger partial charge >= 0.3 is 239 Å². The molecule has 0 rings (SSSR count). The van der Waals surface area contributed by atoms with Crippen LogP contribution in [0.25, 0.3) is 0 Å². The third kappa shape index (κ3) is 142. The molecule has 0 amide bonds. The van der Waals surface area contributed by atoms with E-state index in [1.54, 1.807) is 0 Å². The third-order valence-corrected chi connectivity index (χ3v) is 0. The first-order valence-corrected chi connectivity index (χ1v) is 1.30. The van der Waals surface area contributed by atoms with Crippen LogP contribution in [0, 0.1) is 0 Å². The molecule has 0 aromatic carbocycles. The van der Waals surface area contributed by atoms with Crippen molar-refractivity contribution in [3.8, 4) is 0 Å². The van der Waals surface area contributed by atoms with Gasteiger partial charge in [0.05, 0.1) is 0 Å². The Kier molecular flexibility index (Phi) is 153. The zero-order chi connectivity index (χ0) is 7.15. The van der Waals surface area contributed by atoms with E-state index in [9.17, 15) is 0 Å². The van der Waals surface area contributed by atoms with E-state index >= 15 is 0 Å². The number of hydrogen-bond donors (Lipinski definition) is 4. The maximum absolute atomic E-state index is 8.56. The van der Waals surface area contributed by atoms with Crippen molar-refractivity contribution in [1.82, 2.24) is 0 Å². The molecule has 0 aromatic rings. The SMILES string of the molecule is O=C(O)O.O=C(O)O.[CaH2].[CaH2].[CaH2].[CaH2].[CaH2].[CaH2]. The molecule has 0 aromatic heterocycles. The number of rotatable bonds is 0. The molecule has 0 unspecified atom stereocenters. The van der Waals surface area contributed by atoms with Crippen molar-refractivity contribution in [2.75, 3.05) is 0 Å². The summed E-state index contributed by atoms with van der Waals surface area (Å²) < 4.78 is 0. The second-order valence-corrected chi connectivity index (χ2v) is 0.565. The molecule has 12 heteroatoms. The molecular formula is C2H16Ca6O6. The molecule has 4 N–H and O–H groups in total. The number of carboxylic acid groups (broad SMARTS) is 4. The third-order valence-electron chi connectivity index (χ3n) is 0. The van der Waals surface area contributed by atoms with Crippen LogP contribution in [0.3, 0.4) is 0 Å². The summed E-state index contributed by atoms with van der Waals surface area (Å²) >= 11 is 0. The Hall–Kier alpha value is 6.10. The van der Waals surface area contributed by atoms with Gasteiger partial charge in [-0.2, -0.15) is 0 Å². The van der Waals surface area contributed by atoms with Crippen LogP contribution in [0.1, 0.15) is 0 Å². The van der Waals surface area contributed by atoms with E-state index in [2.05, 4.69) is 0 Å². The second-order valence-electron chi connectivity index (χ2n) is 0.565. The van der Waals surface area contributed by atoms with Crippen molar-refractivity contribution in [2.45, 2.75) is 0 Å². The van der Waals surface area contributed by atoms with Gasteiger partial charge in [0.1, 0.15) is 0 Å². The van der Waals surface area contributed by atoms with Gasteiger partial charge in [-0.05, 0) is 0 Å². The van der Waals surface area contributed by atoms with Gasteiger partial charge < -0.3 is 20.4 Å². The van der Waals surface area contributed by atoms with Crippen molar-refractivity contribution >= 4 is 239 Å². The summed E-state index contributed by atoms with van der Waals surface area (Å²) in [4.78, 5) is 17.1. The first-order valence-electron chi connectivity index (χ1n) is 1.30. The molecule has 72 valence electrons. The Bertz CT molecular complexity index is 78.3. The zero-order valence-corrected chi connectivity index (χ0v) is 3.61. The molecular weight excluding hydrogens is 360 g/mol.